The van der Waals surface area contributed by atoms with Gasteiger partial charge in [-0.1, -0.05) is 83.9 Å². The minimum atomic E-state index is -1.17. The zero-order chi connectivity index (χ0) is 21.6. The van der Waals surface area contributed by atoms with Crippen LogP contribution in [0.3, 0.4) is 0 Å². The highest BCUT2D eigenvalue weighted by molar-refractivity contribution is 7.90. The molecule has 0 aliphatic heterocycles. The molecule has 1 atom stereocenters. The van der Waals surface area contributed by atoms with Crippen molar-refractivity contribution in [2.45, 2.75) is 19.8 Å². The van der Waals surface area contributed by atoms with Crippen LogP contribution in [0.2, 0.25) is 5.15 Å². The van der Waals surface area contributed by atoms with Gasteiger partial charge in [-0.2, -0.15) is 0 Å². The average molecular weight is 448 g/mol. The Morgan fingerprint density at radius 2 is 1.81 bits per heavy atom. The summed E-state index contributed by atoms with van der Waals surface area (Å²) in [6.07, 6.45) is 5.27. The van der Waals surface area contributed by atoms with Crippen molar-refractivity contribution in [1.29, 1.82) is 0 Å². The monoisotopic (exact) mass is 447 g/mol. The maximum atomic E-state index is 11.9. The first-order chi connectivity index (χ1) is 15.2. The minimum absolute atomic E-state index is 0.441. The van der Waals surface area contributed by atoms with E-state index in [9.17, 15) is 4.55 Å². The summed E-state index contributed by atoms with van der Waals surface area (Å²) in [6.45, 7) is 2.08. The summed E-state index contributed by atoms with van der Waals surface area (Å²) in [5, 5.41) is 1.27. The molecule has 0 aliphatic rings. The molecule has 2 aromatic carbocycles. The van der Waals surface area contributed by atoms with E-state index in [1.165, 1.54) is 0 Å². The van der Waals surface area contributed by atoms with Gasteiger partial charge in [0.1, 0.15) is 10.9 Å². The maximum Gasteiger partial charge on any atom is 0.138 e. The number of halogens is 1. The molecule has 6 heteroatoms. The molecule has 0 N–H and O–H groups in total. The molecule has 0 fully saturated rings. The van der Waals surface area contributed by atoms with Crippen LogP contribution in [0.4, 0.5) is 0 Å². The van der Waals surface area contributed by atoms with Crippen molar-refractivity contribution in [3.8, 4) is 22.4 Å². The van der Waals surface area contributed by atoms with Crippen LogP contribution in [0.1, 0.15) is 25.3 Å². The summed E-state index contributed by atoms with van der Waals surface area (Å²) in [5.41, 5.74) is 5.61. The summed E-state index contributed by atoms with van der Waals surface area (Å²) in [5.74, 6) is 0.601. The normalized spacial score (nSPS) is 12.5. The van der Waals surface area contributed by atoms with E-state index in [0.717, 1.165) is 51.7 Å². The predicted molar refractivity (Wildman–Crippen MR) is 131 cm³/mol. The molecule has 0 radical (unpaired) electrons. The maximum absolute atomic E-state index is 11.9. The second kappa shape index (κ2) is 10.1. The Morgan fingerprint density at radius 1 is 1.03 bits per heavy atom. The van der Waals surface area contributed by atoms with Crippen LogP contribution in [-0.2, 0) is 11.4 Å². The van der Waals surface area contributed by atoms with E-state index in [1.807, 2.05) is 48.5 Å². The van der Waals surface area contributed by atoms with Crippen LogP contribution in [0, 0.1) is 0 Å². The summed E-state index contributed by atoms with van der Waals surface area (Å²) in [4.78, 5) is 9.11. The molecular formula is C25H22ClN3OS. The van der Waals surface area contributed by atoms with Crippen molar-refractivity contribution in [3.05, 3.63) is 83.6 Å². The van der Waals surface area contributed by atoms with Crippen LogP contribution in [0.25, 0.3) is 33.3 Å². The zero-order valence-corrected chi connectivity index (χ0v) is 18.7. The Balaban J connectivity index is 1.72. The van der Waals surface area contributed by atoms with Crippen LogP contribution < -0.4 is 0 Å². The largest absolute Gasteiger partial charge is 0.591 e. The van der Waals surface area contributed by atoms with E-state index >= 15 is 0 Å². The smallest absolute Gasteiger partial charge is 0.138 e. The fourth-order valence-corrected chi connectivity index (χ4v) is 4.38. The Morgan fingerprint density at radius 3 is 2.55 bits per heavy atom. The number of rotatable bonds is 7. The second-order valence-corrected chi connectivity index (χ2v) is 8.77. The van der Waals surface area contributed by atoms with Gasteiger partial charge in [0.2, 0.25) is 0 Å². The van der Waals surface area contributed by atoms with Gasteiger partial charge < -0.3 is 4.55 Å². The molecule has 31 heavy (non-hydrogen) atoms. The van der Waals surface area contributed by atoms with E-state index in [2.05, 4.69) is 34.5 Å². The third-order valence-corrected chi connectivity index (χ3v) is 6.23. The molecule has 0 saturated carbocycles. The van der Waals surface area contributed by atoms with Gasteiger partial charge in [-0.15, -0.1) is 0 Å². The molecule has 156 valence electrons. The first kappa shape index (κ1) is 21.5. The summed E-state index contributed by atoms with van der Waals surface area (Å²) in [7, 11) is 0. The average Bonchev–Trinajstić information content (AvgIpc) is 2.82. The van der Waals surface area contributed by atoms with Gasteiger partial charge in [0, 0.05) is 22.7 Å². The molecule has 0 saturated heterocycles. The van der Waals surface area contributed by atoms with Crippen LogP contribution in [-0.4, -0.2) is 26.5 Å². The first-order valence-corrected chi connectivity index (χ1v) is 11.8. The fraction of sp³-hybridized carbons (Fsp3) is 0.160. The van der Waals surface area contributed by atoms with Crippen molar-refractivity contribution < 1.29 is 4.55 Å². The second-order valence-electron chi connectivity index (χ2n) is 7.15. The molecule has 0 spiro atoms. The zero-order valence-electron chi connectivity index (χ0n) is 17.2. The number of benzene rings is 2. The quantitative estimate of drug-likeness (QED) is 0.184. The number of nitrogens with zero attached hydrogens (tertiary/aromatic N) is 3. The van der Waals surface area contributed by atoms with Crippen LogP contribution in [0.15, 0.2) is 77.3 Å². The summed E-state index contributed by atoms with van der Waals surface area (Å²) in [6, 6.07) is 22.0. The van der Waals surface area contributed by atoms with Gasteiger partial charge in [-0.3, -0.25) is 0 Å². The van der Waals surface area contributed by atoms with Gasteiger partial charge in [0.05, 0.1) is 28.8 Å². The van der Waals surface area contributed by atoms with Crippen molar-refractivity contribution in [1.82, 2.24) is 9.97 Å². The lowest BCUT2D eigenvalue weighted by atomic mass is 9.97. The van der Waals surface area contributed by atoms with E-state index in [0.29, 0.717) is 10.9 Å². The highest BCUT2D eigenvalue weighted by Crippen LogP contribution is 2.34. The number of unbranched alkanes of at least 4 members (excludes halogenated alkanes) is 1. The van der Waals surface area contributed by atoms with E-state index < -0.39 is 11.4 Å². The van der Waals surface area contributed by atoms with E-state index in [4.69, 9.17) is 16.6 Å². The molecule has 4 nitrogen and oxygen atoms in total. The standard InChI is InChI=1S/C25H22ClN3OS/c1-2-3-15-31(30)28-17-18-9-11-20(12-10-18)24-21(19-7-5-4-6-8-19)16-22-23(29-24)13-14-27-25(22)26/h4-14,16-17H,2-3,15H2,1H3. The van der Waals surface area contributed by atoms with Gasteiger partial charge in [0.25, 0.3) is 0 Å². The molecular weight excluding hydrogens is 426 g/mol. The number of hydrogen-bond donors (Lipinski definition) is 0. The first-order valence-electron chi connectivity index (χ1n) is 10.2. The van der Waals surface area contributed by atoms with Crippen LogP contribution >= 0.6 is 11.6 Å². The molecule has 2 aromatic heterocycles. The van der Waals surface area contributed by atoms with Crippen molar-refractivity contribution in [3.63, 3.8) is 0 Å². The summed E-state index contributed by atoms with van der Waals surface area (Å²) >= 11 is 5.17. The lowest BCUT2D eigenvalue weighted by Gasteiger charge is -2.12. The minimum Gasteiger partial charge on any atom is -0.591 e. The third kappa shape index (κ3) is 5.13. The lowest BCUT2D eigenvalue weighted by Crippen LogP contribution is -2.02. The fourth-order valence-electron chi connectivity index (χ4n) is 3.29. The molecule has 0 bridgehead atoms. The highest BCUT2D eigenvalue weighted by Gasteiger charge is 2.13. The predicted octanol–water partition coefficient (Wildman–Crippen LogP) is 6.50. The Bertz CT molecular complexity index is 1200. The van der Waals surface area contributed by atoms with Crippen molar-refractivity contribution >= 4 is 40.1 Å². The van der Waals surface area contributed by atoms with Crippen LogP contribution in [0.5, 0.6) is 0 Å². The topological polar surface area (TPSA) is 61.2 Å². The third-order valence-electron chi connectivity index (χ3n) is 4.96. The van der Waals surface area contributed by atoms with Crippen molar-refractivity contribution in [2.24, 2.45) is 4.40 Å². The van der Waals surface area contributed by atoms with E-state index in [1.54, 1.807) is 12.4 Å². The Labute approximate surface area is 190 Å². The number of fused-ring (bicyclic) bond motifs is 1. The summed E-state index contributed by atoms with van der Waals surface area (Å²) < 4.78 is 16.1. The molecule has 2 heterocycles. The Kier molecular flexibility index (Phi) is 6.97. The number of pyridine rings is 2. The number of hydrogen-bond acceptors (Lipinski definition) is 4. The van der Waals surface area contributed by atoms with E-state index in [-0.39, 0.29) is 0 Å². The lowest BCUT2D eigenvalue weighted by molar-refractivity contribution is 0.594. The van der Waals surface area contributed by atoms with Gasteiger partial charge in [-0.25, -0.2) is 9.97 Å². The molecule has 4 rings (SSSR count). The molecule has 1 unspecified atom stereocenters. The van der Waals surface area contributed by atoms with Gasteiger partial charge in [-0.05, 0) is 29.7 Å². The molecule has 4 aromatic rings. The van der Waals surface area contributed by atoms with Gasteiger partial charge >= 0.3 is 0 Å². The van der Waals surface area contributed by atoms with Crippen molar-refractivity contribution in [2.75, 3.05) is 5.75 Å². The SMILES string of the molecule is CCCC[S+]([O-])N=Cc1ccc(-c2nc3ccnc(Cl)c3cc2-c2ccccc2)cc1. The molecule has 0 amide bonds. The highest BCUT2D eigenvalue weighted by atomic mass is 35.5. The Hall–Kier alpha value is -2.73. The molecule has 0 aliphatic carbocycles. The van der Waals surface area contributed by atoms with Gasteiger partial charge in [0.15, 0.2) is 0 Å². The number of aromatic nitrogens is 2.